The van der Waals surface area contributed by atoms with Crippen LogP contribution in [0.25, 0.3) is 22.6 Å². The lowest BCUT2D eigenvalue weighted by atomic mass is 10.1. The predicted molar refractivity (Wildman–Crippen MR) is 83.3 cm³/mol. The standard InChI is InChI=1S/C15H13BrN4/c16-11-4-1-3-10(13(11)17)14-19-12-5-2-8-18-15(12)20(14)9-6-7-9/h1-5,8-9H,6-7,17H2. The zero-order chi connectivity index (χ0) is 13.7. The molecule has 0 amide bonds. The zero-order valence-corrected chi connectivity index (χ0v) is 12.3. The summed E-state index contributed by atoms with van der Waals surface area (Å²) in [4.78, 5) is 9.23. The van der Waals surface area contributed by atoms with Gasteiger partial charge in [-0.05, 0) is 53.0 Å². The number of halogens is 1. The third-order valence-electron chi connectivity index (χ3n) is 3.65. The summed E-state index contributed by atoms with van der Waals surface area (Å²) in [7, 11) is 0. The highest BCUT2D eigenvalue weighted by atomic mass is 79.9. The fraction of sp³-hybridized carbons (Fsp3) is 0.200. The second kappa shape index (κ2) is 4.31. The average molecular weight is 329 g/mol. The van der Waals surface area contributed by atoms with E-state index in [0.29, 0.717) is 6.04 Å². The third kappa shape index (κ3) is 1.73. The van der Waals surface area contributed by atoms with Crippen molar-refractivity contribution in [2.75, 3.05) is 5.73 Å². The number of nitrogen functional groups attached to an aromatic ring is 1. The summed E-state index contributed by atoms with van der Waals surface area (Å²) in [5.74, 6) is 0.917. The van der Waals surface area contributed by atoms with Gasteiger partial charge < -0.3 is 10.3 Å². The molecule has 20 heavy (non-hydrogen) atoms. The first kappa shape index (κ1) is 11.9. The Kier molecular flexibility index (Phi) is 2.57. The van der Waals surface area contributed by atoms with Gasteiger partial charge in [0.25, 0.3) is 0 Å². The average Bonchev–Trinajstić information content (AvgIpc) is 3.22. The summed E-state index contributed by atoms with van der Waals surface area (Å²) in [6.07, 6.45) is 4.18. The number of fused-ring (bicyclic) bond motifs is 1. The number of hydrogen-bond donors (Lipinski definition) is 1. The minimum atomic E-state index is 0.503. The van der Waals surface area contributed by atoms with Crippen molar-refractivity contribution < 1.29 is 0 Å². The summed E-state index contributed by atoms with van der Waals surface area (Å²) in [5, 5.41) is 0. The normalized spacial score (nSPS) is 14.8. The first-order valence-electron chi connectivity index (χ1n) is 6.63. The van der Waals surface area contributed by atoms with E-state index in [-0.39, 0.29) is 0 Å². The Labute approximate surface area is 124 Å². The van der Waals surface area contributed by atoms with E-state index in [4.69, 9.17) is 10.7 Å². The van der Waals surface area contributed by atoms with E-state index >= 15 is 0 Å². The number of aromatic nitrogens is 3. The van der Waals surface area contributed by atoms with Crippen LogP contribution in [0.15, 0.2) is 41.0 Å². The Morgan fingerprint density at radius 1 is 1.20 bits per heavy atom. The van der Waals surface area contributed by atoms with E-state index in [0.717, 1.165) is 32.7 Å². The quantitative estimate of drug-likeness (QED) is 0.728. The number of anilines is 1. The molecule has 100 valence electrons. The molecule has 1 saturated carbocycles. The first-order chi connectivity index (χ1) is 9.75. The zero-order valence-electron chi connectivity index (χ0n) is 10.8. The number of hydrogen-bond acceptors (Lipinski definition) is 3. The van der Waals surface area contributed by atoms with E-state index in [9.17, 15) is 0 Å². The number of rotatable bonds is 2. The van der Waals surface area contributed by atoms with Gasteiger partial charge in [0.15, 0.2) is 5.65 Å². The monoisotopic (exact) mass is 328 g/mol. The highest BCUT2D eigenvalue weighted by molar-refractivity contribution is 9.10. The van der Waals surface area contributed by atoms with Crippen LogP contribution in [0.4, 0.5) is 5.69 Å². The molecule has 1 aliphatic carbocycles. The molecule has 4 rings (SSSR count). The minimum Gasteiger partial charge on any atom is -0.397 e. The third-order valence-corrected chi connectivity index (χ3v) is 4.35. The number of imidazole rings is 1. The van der Waals surface area contributed by atoms with Crippen molar-refractivity contribution in [3.05, 3.63) is 41.0 Å². The van der Waals surface area contributed by atoms with E-state index in [1.807, 2.05) is 36.5 Å². The van der Waals surface area contributed by atoms with Crippen molar-refractivity contribution in [1.82, 2.24) is 14.5 Å². The highest BCUT2D eigenvalue weighted by Gasteiger charge is 2.29. The number of para-hydroxylation sites is 1. The summed E-state index contributed by atoms with van der Waals surface area (Å²) in [5.41, 5.74) is 9.77. The van der Waals surface area contributed by atoms with Crippen molar-refractivity contribution in [2.45, 2.75) is 18.9 Å². The molecule has 0 unspecified atom stereocenters. The van der Waals surface area contributed by atoms with E-state index in [1.165, 1.54) is 12.8 Å². The van der Waals surface area contributed by atoms with Crippen molar-refractivity contribution in [1.29, 1.82) is 0 Å². The lowest BCUT2D eigenvalue weighted by Crippen LogP contribution is -2.01. The lowest BCUT2D eigenvalue weighted by Gasteiger charge is -2.10. The van der Waals surface area contributed by atoms with Crippen LogP contribution in [0, 0.1) is 0 Å². The molecule has 0 spiro atoms. The number of benzene rings is 1. The highest BCUT2D eigenvalue weighted by Crippen LogP contribution is 2.42. The second-order valence-corrected chi connectivity index (χ2v) is 5.94. The molecule has 3 aromatic rings. The van der Waals surface area contributed by atoms with Crippen molar-refractivity contribution in [3.63, 3.8) is 0 Å². The van der Waals surface area contributed by atoms with Gasteiger partial charge in [0.05, 0.1) is 5.69 Å². The van der Waals surface area contributed by atoms with Crippen LogP contribution in [0.1, 0.15) is 18.9 Å². The van der Waals surface area contributed by atoms with Crippen molar-refractivity contribution >= 4 is 32.8 Å². The molecule has 0 saturated heterocycles. The molecule has 0 bridgehead atoms. The van der Waals surface area contributed by atoms with Gasteiger partial charge in [-0.25, -0.2) is 9.97 Å². The Hall–Kier alpha value is -1.88. The number of pyridine rings is 1. The van der Waals surface area contributed by atoms with Crippen LogP contribution < -0.4 is 5.73 Å². The van der Waals surface area contributed by atoms with Gasteiger partial charge >= 0.3 is 0 Å². The summed E-state index contributed by atoms with van der Waals surface area (Å²) in [6.45, 7) is 0. The van der Waals surface area contributed by atoms with Gasteiger partial charge in [0.2, 0.25) is 0 Å². The molecule has 2 heterocycles. The molecule has 2 N–H and O–H groups in total. The van der Waals surface area contributed by atoms with E-state index in [1.54, 1.807) is 0 Å². The van der Waals surface area contributed by atoms with Crippen LogP contribution >= 0.6 is 15.9 Å². The lowest BCUT2D eigenvalue weighted by molar-refractivity contribution is 0.767. The SMILES string of the molecule is Nc1c(Br)cccc1-c1nc2cccnc2n1C1CC1. The molecule has 5 heteroatoms. The first-order valence-corrected chi connectivity index (χ1v) is 7.42. The van der Waals surface area contributed by atoms with Gasteiger partial charge in [0, 0.05) is 22.3 Å². The molecule has 1 aliphatic rings. The number of nitrogens with zero attached hydrogens (tertiary/aromatic N) is 3. The largest absolute Gasteiger partial charge is 0.397 e. The maximum atomic E-state index is 6.21. The molecule has 2 aromatic heterocycles. The Morgan fingerprint density at radius 2 is 2.05 bits per heavy atom. The predicted octanol–water partition coefficient (Wildman–Crippen LogP) is 3.78. The van der Waals surface area contributed by atoms with Crippen LogP contribution in [-0.4, -0.2) is 14.5 Å². The van der Waals surface area contributed by atoms with Crippen LogP contribution in [0.2, 0.25) is 0 Å². The molecule has 4 nitrogen and oxygen atoms in total. The Balaban J connectivity index is 2.04. The van der Waals surface area contributed by atoms with Gasteiger partial charge in [-0.2, -0.15) is 0 Å². The maximum absolute atomic E-state index is 6.21. The van der Waals surface area contributed by atoms with Crippen LogP contribution in [-0.2, 0) is 0 Å². The second-order valence-electron chi connectivity index (χ2n) is 5.08. The Morgan fingerprint density at radius 3 is 2.85 bits per heavy atom. The Bertz CT molecular complexity index is 805. The van der Waals surface area contributed by atoms with E-state index < -0.39 is 0 Å². The summed E-state index contributed by atoms with van der Waals surface area (Å²) in [6, 6.07) is 10.4. The van der Waals surface area contributed by atoms with Gasteiger partial charge in [0.1, 0.15) is 11.3 Å². The number of nitrogens with two attached hydrogens (primary N) is 1. The van der Waals surface area contributed by atoms with Crippen molar-refractivity contribution in [3.8, 4) is 11.4 Å². The molecule has 1 fully saturated rings. The smallest absolute Gasteiger partial charge is 0.160 e. The minimum absolute atomic E-state index is 0.503. The van der Waals surface area contributed by atoms with Crippen LogP contribution in [0.5, 0.6) is 0 Å². The fourth-order valence-corrected chi connectivity index (χ4v) is 2.90. The molecule has 0 atom stereocenters. The molecule has 0 aliphatic heterocycles. The molecular weight excluding hydrogens is 316 g/mol. The summed E-state index contributed by atoms with van der Waals surface area (Å²) >= 11 is 3.49. The molecular formula is C15H13BrN4. The van der Waals surface area contributed by atoms with E-state index in [2.05, 4.69) is 25.5 Å². The topological polar surface area (TPSA) is 56.7 Å². The van der Waals surface area contributed by atoms with Gasteiger partial charge in [-0.15, -0.1) is 0 Å². The van der Waals surface area contributed by atoms with Gasteiger partial charge in [-0.3, -0.25) is 0 Å². The maximum Gasteiger partial charge on any atom is 0.160 e. The fourth-order valence-electron chi connectivity index (χ4n) is 2.53. The molecule has 0 radical (unpaired) electrons. The van der Waals surface area contributed by atoms with Crippen molar-refractivity contribution in [2.24, 2.45) is 0 Å². The van der Waals surface area contributed by atoms with Crippen LogP contribution in [0.3, 0.4) is 0 Å². The van der Waals surface area contributed by atoms with Gasteiger partial charge in [-0.1, -0.05) is 6.07 Å². The summed E-state index contributed by atoms with van der Waals surface area (Å²) < 4.78 is 3.13. The molecule has 1 aromatic carbocycles.